The number of nitrogens with zero attached hydrogens (tertiary/aromatic N) is 2. The van der Waals surface area contributed by atoms with E-state index in [9.17, 15) is 4.79 Å². The van der Waals surface area contributed by atoms with Crippen LogP contribution in [0.4, 0.5) is 5.82 Å². The Labute approximate surface area is 94.9 Å². The van der Waals surface area contributed by atoms with Crippen LogP contribution < -0.4 is 10.9 Å². The molecular formula is C11H18N4O. The number of nitrogens with one attached hydrogen (secondary N) is 2. The molecule has 0 radical (unpaired) electrons. The van der Waals surface area contributed by atoms with E-state index < -0.39 is 0 Å². The summed E-state index contributed by atoms with van der Waals surface area (Å²) in [6, 6.07) is 0. The Morgan fingerprint density at radius 3 is 3.00 bits per heavy atom. The van der Waals surface area contributed by atoms with E-state index in [0.29, 0.717) is 11.7 Å². The van der Waals surface area contributed by atoms with Gasteiger partial charge >= 0.3 is 0 Å². The maximum atomic E-state index is 11.4. The van der Waals surface area contributed by atoms with Crippen LogP contribution in [0.25, 0.3) is 0 Å². The number of hydrogen-bond acceptors (Lipinski definition) is 4. The molecule has 0 amide bonds. The number of anilines is 1. The van der Waals surface area contributed by atoms with Crippen molar-refractivity contribution in [2.45, 2.75) is 12.8 Å². The molecule has 2 N–H and O–H groups in total. The fraction of sp³-hybridized carbons (Fsp3) is 0.636. The molecule has 0 bridgehead atoms. The van der Waals surface area contributed by atoms with Gasteiger partial charge in [0.15, 0.2) is 5.82 Å². The van der Waals surface area contributed by atoms with Gasteiger partial charge in [-0.2, -0.15) is 0 Å². The minimum atomic E-state index is -0.143. The molecule has 2 heterocycles. The zero-order valence-electron chi connectivity index (χ0n) is 9.57. The molecule has 16 heavy (non-hydrogen) atoms. The molecule has 1 saturated heterocycles. The Kier molecular flexibility index (Phi) is 3.56. The van der Waals surface area contributed by atoms with Crippen molar-refractivity contribution in [3.05, 3.63) is 22.7 Å². The molecule has 88 valence electrons. The first-order chi connectivity index (χ1) is 7.75. The number of hydrogen-bond donors (Lipinski definition) is 2. The lowest BCUT2D eigenvalue weighted by molar-refractivity contribution is 0.226. The molecular weight excluding hydrogens is 204 g/mol. The smallest absolute Gasteiger partial charge is 0.290 e. The van der Waals surface area contributed by atoms with Crippen LogP contribution in [0.1, 0.15) is 12.8 Å². The van der Waals surface area contributed by atoms with Crippen molar-refractivity contribution < 1.29 is 0 Å². The summed E-state index contributed by atoms with van der Waals surface area (Å²) in [5, 5.41) is 3.12. The van der Waals surface area contributed by atoms with E-state index in [4.69, 9.17) is 0 Å². The van der Waals surface area contributed by atoms with Crippen LogP contribution in [0.5, 0.6) is 0 Å². The van der Waals surface area contributed by atoms with Gasteiger partial charge in [0.2, 0.25) is 0 Å². The predicted molar refractivity (Wildman–Crippen MR) is 63.6 cm³/mol. The van der Waals surface area contributed by atoms with Crippen molar-refractivity contribution in [2.24, 2.45) is 5.92 Å². The van der Waals surface area contributed by atoms with Crippen LogP contribution in [0.15, 0.2) is 17.2 Å². The number of piperidine rings is 1. The summed E-state index contributed by atoms with van der Waals surface area (Å²) in [5.74, 6) is 1.08. The molecule has 0 atom stereocenters. The summed E-state index contributed by atoms with van der Waals surface area (Å²) in [6.07, 6.45) is 5.52. The zero-order chi connectivity index (χ0) is 11.4. The van der Waals surface area contributed by atoms with Crippen molar-refractivity contribution >= 4 is 5.82 Å². The van der Waals surface area contributed by atoms with Crippen molar-refractivity contribution in [2.75, 3.05) is 32.0 Å². The lowest BCUT2D eigenvalue weighted by Crippen LogP contribution is -2.33. The maximum absolute atomic E-state index is 11.4. The van der Waals surface area contributed by atoms with Crippen LogP contribution in [-0.4, -0.2) is 41.5 Å². The number of rotatable bonds is 3. The van der Waals surface area contributed by atoms with E-state index in [1.54, 1.807) is 12.4 Å². The Morgan fingerprint density at radius 1 is 1.56 bits per heavy atom. The second-order valence-electron chi connectivity index (χ2n) is 4.39. The minimum absolute atomic E-state index is 0.143. The first-order valence-corrected chi connectivity index (χ1v) is 5.72. The standard InChI is InChI=1S/C11H18N4O/c1-15-6-2-9(3-7-15)8-14-10-11(16)13-5-4-12-10/h4-5,9H,2-3,6-8H2,1H3,(H,12,14)(H,13,16). The Morgan fingerprint density at radius 2 is 2.31 bits per heavy atom. The van der Waals surface area contributed by atoms with E-state index in [1.165, 1.54) is 12.8 Å². The number of likely N-dealkylation sites (tertiary alicyclic amines) is 1. The summed E-state index contributed by atoms with van der Waals surface area (Å²) >= 11 is 0. The second-order valence-corrected chi connectivity index (χ2v) is 4.39. The molecule has 0 spiro atoms. The molecule has 5 heteroatoms. The van der Waals surface area contributed by atoms with Crippen LogP contribution >= 0.6 is 0 Å². The molecule has 1 aliphatic heterocycles. The van der Waals surface area contributed by atoms with Crippen LogP contribution in [0.3, 0.4) is 0 Å². The van der Waals surface area contributed by atoms with Gasteiger partial charge in [0, 0.05) is 18.9 Å². The van der Waals surface area contributed by atoms with Gasteiger partial charge in [-0.1, -0.05) is 0 Å². The molecule has 1 fully saturated rings. The Balaban J connectivity index is 1.84. The van der Waals surface area contributed by atoms with E-state index in [2.05, 4.69) is 27.2 Å². The molecule has 0 unspecified atom stereocenters. The van der Waals surface area contributed by atoms with Gasteiger partial charge in [-0.3, -0.25) is 4.79 Å². The largest absolute Gasteiger partial charge is 0.365 e. The highest BCUT2D eigenvalue weighted by Crippen LogP contribution is 2.15. The maximum Gasteiger partial charge on any atom is 0.290 e. The molecule has 1 aromatic rings. The van der Waals surface area contributed by atoms with Gasteiger partial charge in [-0.15, -0.1) is 0 Å². The monoisotopic (exact) mass is 222 g/mol. The van der Waals surface area contributed by atoms with Crippen molar-refractivity contribution in [3.63, 3.8) is 0 Å². The van der Waals surface area contributed by atoms with E-state index in [1.807, 2.05) is 0 Å². The molecule has 0 aliphatic carbocycles. The summed E-state index contributed by atoms with van der Waals surface area (Å²) in [7, 11) is 2.15. The number of aromatic nitrogens is 2. The highest BCUT2D eigenvalue weighted by molar-refractivity contribution is 5.29. The molecule has 1 aliphatic rings. The fourth-order valence-corrected chi connectivity index (χ4v) is 1.98. The zero-order valence-corrected chi connectivity index (χ0v) is 9.57. The van der Waals surface area contributed by atoms with Crippen molar-refractivity contribution in [1.29, 1.82) is 0 Å². The van der Waals surface area contributed by atoms with Gasteiger partial charge in [-0.25, -0.2) is 4.98 Å². The average molecular weight is 222 g/mol. The van der Waals surface area contributed by atoms with Crippen LogP contribution in [0, 0.1) is 5.92 Å². The molecule has 2 rings (SSSR count). The SMILES string of the molecule is CN1CCC(CNc2ncc[nH]c2=O)CC1. The van der Waals surface area contributed by atoms with E-state index in [0.717, 1.165) is 19.6 Å². The lowest BCUT2D eigenvalue weighted by atomic mass is 9.97. The first-order valence-electron chi connectivity index (χ1n) is 5.72. The van der Waals surface area contributed by atoms with Gasteiger partial charge in [-0.05, 0) is 38.9 Å². The van der Waals surface area contributed by atoms with Gasteiger partial charge < -0.3 is 15.2 Å². The summed E-state index contributed by atoms with van der Waals surface area (Å²) in [6.45, 7) is 3.13. The fourth-order valence-electron chi connectivity index (χ4n) is 1.98. The van der Waals surface area contributed by atoms with Crippen molar-refractivity contribution in [1.82, 2.24) is 14.9 Å². The minimum Gasteiger partial charge on any atom is -0.365 e. The van der Waals surface area contributed by atoms with Gasteiger partial charge in [0.05, 0.1) is 0 Å². The summed E-state index contributed by atoms with van der Waals surface area (Å²) in [4.78, 5) is 20.3. The molecule has 5 nitrogen and oxygen atoms in total. The van der Waals surface area contributed by atoms with Gasteiger partial charge in [0.1, 0.15) is 0 Å². The Hall–Kier alpha value is -1.36. The molecule has 1 aromatic heterocycles. The van der Waals surface area contributed by atoms with Gasteiger partial charge in [0.25, 0.3) is 5.56 Å². The Bertz CT molecular complexity index is 382. The second kappa shape index (κ2) is 5.12. The van der Waals surface area contributed by atoms with Crippen molar-refractivity contribution in [3.8, 4) is 0 Å². The topological polar surface area (TPSA) is 61.0 Å². The summed E-state index contributed by atoms with van der Waals surface area (Å²) in [5.41, 5.74) is -0.143. The third kappa shape index (κ3) is 2.82. The highest BCUT2D eigenvalue weighted by Gasteiger charge is 2.16. The van der Waals surface area contributed by atoms with Crippen LogP contribution in [-0.2, 0) is 0 Å². The summed E-state index contributed by atoms with van der Waals surface area (Å²) < 4.78 is 0. The molecule has 0 saturated carbocycles. The third-order valence-electron chi connectivity index (χ3n) is 3.10. The normalized spacial score (nSPS) is 18.6. The van der Waals surface area contributed by atoms with E-state index in [-0.39, 0.29) is 5.56 Å². The first kappa shape index (κ1) is 11.1. The number of H-pyrrole nitrogens is 1. The quantitative estimate of drug-likeness (QED) is 0.783. The number of aromatic amines is 1. The highest BCUT2D eigenvalue weighted by atomic mass is 16.1. The van der Waals surface area contributed by atoms with Crippen LogP contribution in [0.2, 0.25) is 0 Å². The van der Waals surface area contributed by atoms with E-state index >= 15 is 0 Å². The lowest BCUT2D eigenvalue weighted by Gasteiger charge is -2.28. The average Bonchev–Trinajstić information content (AvgIpc) is 2.30. The predicted octanol–water partition coefficient (Wildman–Crippen LogP) is 0.524. The molecule has 0 aromatic carbocycles. The third-order valence-corrected chi connectivity index (χ3v) is 3.10.